The first-order chi connectivity index (χ1) is 4.88. The molecule has 1 aliphatic rings. The van der Waals surface area contributed by atoms with Crippen molar-refractivity contribution < 1.29 is 0 Å². The van der Waals surface area contributed by atoms with Gasteiger partial charge in [0.15, 0.2) is 0 Å². The normalized spacial score (nSPS) is 14.7. The molecule has 0 unspecified atom stereocenters. The lowest BCUT2D eigenvalue weighted by Crippen LogP contribution is -1.90. The number of aliphatic imine (C=N–C) groups is 1. The van der Waals surface area contributed by atoms with Gasteiger partial charge in [0, 0.05) is 29.2 Å². The Morgan fingerprint density at radius 2 is 2.40 bits per heavy atom. The lowest BCUT2D eigenvalue weighted by Gasteiger charge is -1.94. The zero-order valence-electron chi connectivity index (χ0n) is 5.83. The summed E-state index contributed by atoms with van der Waals surface area (Å²) in [5.74, 6) is 0. The van der Waals surface area contributed by atoms with Crippen LogP contribution in [0.5, 0.6) is 0 Å². The Bertz CT molecular complexity index is 289. The molecule has 1 aromatic heterocycles. The molecule has 2 rings (SSSR count). The van der Waals surface area contributed by atoms with Gasteiger partial charge >= 0.3 is 0 Å². The van der Waals surface area contributed by atoms with Crippen LogP contribution in [-0.4, -0.2) is 10.7 Å². The van der Waals surface area contributed by atoms with Crippen molar-refractivity contribution in [1.29, 1.82) is 0 Å². The molecule has 0 amide bonds. The number of rotatable bonds is 0. The summed E-state index contributed by atoms with van der Waals surface area (Å²) < 4.78 is 0. The Labute approximate surface area is 59.6 Å². The van der Waals surface area contributed by atoms with E-state index in [2.05, 4.69) is 9.98 Å². The quantitative estimate of drug-likeness (QED) is 0.524. The van der Waals surface area contributed by atoms with E-state index in [1.807, 2.05) is 25.4 Å². The van der Waals surface area contributed by atoms with Crippen LogP contribution in [0, 0.1) is 0 Å². The van der Waals surface area contributed by atoms with Crippen molar-refractivity contribution in [3.05, 3.63) is 29.6 Å². The average Bonchev–Trinajstić information content (AvgIpc) is 2.34. The van der Waals surface area contributed by atoms with Gasteiger partial charge in [0.25, 0.3) is 0 Å². The first-order valence-electron chi connectivity index (χ1n) is 3.32. The minimum Gasteiger partial charge on any atom is -0.285 e. The van der Waals surface area contributed by atoms with Crippen LogP contribution in [0.25, 0.3) is 0 Å². The molecule has 0 saturated carbocycles. The van der Waals surface area contributed by atoms with E-state index in [9.17, 15) is 0 Å². The van der Waals surface area contributed by atoms with Gasteiger partial charge in [-0.25, -0.2) is 0 Å². The summed E-state index contributed by atoms with van der Waals surface area (Å²) in [6.07, 6.45) is 3.69. The summed E-state index contributed by atoms with van der Waals surface area (Å²) in [4.78, 5) is 8.30. The van der Waals surface area contributed by atoms with Crippen molar-refractivity contribution in [3.63, 3.8) is 0 Å². The third kappa shape index (κ3) is 0.652. The number of pyridine rings is 1. The van der Waals surface area contributed by atoms with E-state index in [0.717, 1.165) is 12.3 Å². The lowest BCUT2D eigenvalue weighted by molar-refractivity contribution is 1.08. The van der Waals surface area contributed by atoms with Gasteiger partial charge in [0.1, 0.15) is 0 Å². The van der Waals surface area contributed by atoms with Crippen molar-refractivity contribution in [2.24, 2.45) is 4.99 Å². The van der Waals surface area contributed by atoms with Crippen molar-refractivity contribution in [1.82, 2.24) is 4.98 Å². The second-order valence-corrected chi connectivity index (χ2v) is 2.43. The topological polar surface area (TPSA) is 25.2 Å². The molecular weight excluding hydrogens is 124 g/mol. The molecule has 2 heterocycles. The minimum absolute atomic E-state index is 0.814. The van der Waals surface area contributed by atoms with Crippen LogP contribution in [-0.2, 0) is 6.54 Å². The third-order valence-electron chi connectivity index (χ3n) is 1.78. The van der Waals surface area contributed by atoms with Gasteiger partial charge in [0.2, 0.25) is 0 Å². The van der Waals surface area contributed by atoms with Crippen LogP contribution in [0.3, 0.4) is 0 Å². The fourth-order valence-electron chi connectivity index (χ4n) is 1.20. The first-order valence-corrected chi connectivity index (χ1v) is 3.32. The highest BCUT2D eigenvalue weighted by Gasteiger charge is 2.09. The van der Waals surface area contributed by atoms with E-state index in [1.165, 1.54) is 11.1 Å². The Balaban J connectivity index is 2.61. The summed E-state index contributed by atoms with van der Waals surface area (Å²) in [6, 6.07) is 2.02. The molecule has 1 aliphatic heterocycles. The van der Waals surface area contributed by atoms with Crippen molar-refractivity contribution in [2.45, 2.75) is 13.5 Å². The molecule has 0 spiro atoms. The Morgan fingerprint density at radius 1 is 1.50 bits per heavy atom. The van der Waals surface area contributed by atoms with E-state index >= 15 is 0 Å². The fourth-order valence-corrected chi connectivity index (χ4v) is 1.20. The van der Waals surface area contributed by atoms with E-state index in [-0.39, 0.29) is 0 Å². The summed E-state index contributed by atoms with van der Waals surface area (Å²) in [6.45, 7) is 2.85. The summed E-state index contributed by atoms with van der Waals surface area (Å²) >= 11 is 0. The molecule has 0 aliphatic carbocycles. The Morgan fingerprint density at radius 3 is 3.20 bits per heavy atom. The predicted molar refractivity (Wildman–Crippen MR) is 40.2 cm³/mol. The van der Waals surface area contributed by atoms with Gasteiger partial charge in [-0.05, 0) is 13.0 Å². The molecule has 0 aromatic carbocycles. The molecule has 0 saturated heterocycles. The van der Waals surface area contributed by atoms with Gasteiger partial charge in [-0.3, -0.25) is 9.98 Å². The summed E-state index contributed by atoms with van der Waals surface area (Å²) in [5, 5.41) is 0. The molecule has 0 fully saturated rings. The highest BCUT2D eigenvalue weighted by atomic mass is 14.8. The molecule has 0 N–H and O–H groups in total. The number of aromatic nitrogens is 1. The van der Waals surface area contributed by atoms with Crippen LogP contribution in [0.2, 0.25) is 0 Å². The van der Waals surface area contributed by atoms with Crippen molar-refractivity contribution in [3.8, 4) is 0 Å². The maximum absolute atomic E-state index is 4.28. The molecule has 10 heavy (non-hydrogen) atoms. The summed E-state index contributed by atoms with van der Waals surface area (Å²) in [7, 11) is 0. The maximum Gasteiger partial charge on any atom is 0.0664 e. The van der Waals surface area contributed by atoms with Crippen LogP contribution >= 0.6 is 0 Å². The number of hydrogen-bond acceptors (Lipinski definition) is 2. The first kappa shape index (κ1) is 5.59. The van der Waals surface area contributed by atoms with E-state index in [1.54, 1.807) is 0 Å². The van der Waals surface area contributed by atoms with E-state index in [0.29, 0.717) is 0 Å². The lowest BCUT2D eigenvalue weighted by atomic mass is 10.1. The third-order valence-corrected chi connectivity index (χ3v) is 1.78. The molecule has 2 nitrogen and oxygen atoms in total. The van der Waals surface area contributed by atoms with Gasteiger partial charge in [-0.2, -0.15) is 0 Å². The zero-order valence-corrected chi connectivity index (χ0v) is 5.83. The summed E-state index contributed by atoms with van der Waals surface area (Å²) in [5.41, 5.74) is 3.65. The predicted octanol–water partition coefficient (Wildman–Crippen LogP) is 1.40. The molecule has 0 atom stereocenters. The van der Waals surface area contributed by atoms with E-state index < -0.39 is 0 Å². The second kappa shape index (κ2) is 1.90. The minimum atomic E-state index is 0.814. The monoisotopic (exact) mass is 132 g/mol. The van der Waals surface area contributed by atoms with Gasteiger partial charge < -0.3 is 0 Å². The van der Waals surface area contributed by atoms with E-state index in [4.69, 9.17) is 0 Å². The van der Waals surface area contributed by atoms with Crippen LogP contribution in [0.4, 0.5) is 0 Å². The highest BCUT2D eigenvalue weighted by Crippen LogP contribution is 2.15. The fraction of sp³-hybridized carbons (Fsp3) is 0.250. The number of nitrogens with zero attached hydrogens (tertiary/aromatic N) is 2. The second-order valence-electron chi connectivity index (χ2n) is 2.43. The van der Waals surface area contributed by atoms with Crippen LogP contribution in [0.1, 0.15) is 18.1 Å². The van der Waals surface area contributed by atoms with Crippen molar-refractivity contribution >= 4 is 5.71 Å². The zero-order chi connectivity index (χ0) is 6.97. The highest BCUT2D eigenvalue weighted by molar-refractivity contribution is 6.01. The SMILES string of the molecule is CC1=NCc2cnccc21. The molecule has 2 heteroatoms. The van der Waals surface area contributed by atoms with Gasteiger partial charge in [-0.1, -0.05) is 0 Å². The number of hydrogen-bond donors (Lipinski definition) is 0. The van der Waals surface area contributed by atoms with Gasteiger partial charge in [0.05, 0.1) is 6.54 Å². The van der Waals surface area contributed by atoms with Crippen LogP contribution in [0.15, 0.2) is 23.5 Å². The Kier molecular flexibility index (Phi) is 1.07. The molecule has 1 aromatic rings. The van der Waals surface area contributed by atoms with Crippen molar-refractivity contribution in [2.75, 3.05) is 0 Å². The largest absolute Gasteiger partial charge is 0.285 e. The van der Waals surface area contributed by atoms with Gasteiger partial charge in [-0.15, -0.1) is 0 Å². The molecule has 0 bridgehead atoms. The van der Waals surface area contributed by atoms with Crippen LogP contribution < -0.4 is 0 Å². The average molecular weight is 132 g/mol. The Hall–Kier alpha value is -1.18. The maximum atomic E-state index is 4.28. The molecule has 0 radical (unpaired) electrons. The standard InChI is InChI=1S/C8H8N2/c1-6-8-2-3-9-4-7(8)5-10-6/h2-4H,5H2,1H3. The molecule has 50 valence electrons. The smallest absolute Gasteiger partial charge is 0.0664 e. The number of fused-ring (bicyclic) bond motifs is 1. The molecular formula is C8H8N2.